The minimum absolute atomic E-state index is 0.0762. The normalized spacial score (nSPS) is 38.0. The van der Waals surface area contributed by atoms with E-state index in [1.807, 2.05) is 0 Å². The van der Waals surface area contributed by atoms with Crippen molar-refractivity contribution < 1.29 is 14.4 Å². The molecule has 0 aromatic heterocycles. The molecule has 3 N–H and O–H groups in total. The van der Waals surface area contributed by atoms with Crippen molar-refractivity contribution in [2.45, 2.75) is 130 Å². The summed E-state index contributed by atoms with van der Waals surface area (Å²) in [5.74, 6) is 2.40. The van der Waals surface area contributed by atoms with Crippen LogP contribution in [0.5, 0.6) is 0 Å². The lowest BCUT2D eigenvalue weighted by molar-refractivity contribution is -0.135. The van der Waals surface area contributed by atoms with Crippen LogP contribution in [0.15, 0.2) is 0 Å². The first-order valence-corrected chi connectivity index (χ1v) is 14.9. The highest BCUT2D eigenvalue weighted by Crippen LogP contribution is 2.31. The van der Waals surface area contributed by atoms with Gasteiger partial charge in [-0.3, -0.25) is 14.4 Å². The molecule has 0 spiro atoms. The van der Waals surface area contributed by atoms with Gasteiger partial charge in [0.05, 0.1) is 5.92 Å². The van der Waals surface area contributed by atoms with Crippen LogP contribution in [0.4, 0.5) is 0 Å². The van der Waals surface area contributed by atoms with Crippen LogP contribution in [0.2, 0.25) is 0 Å². The molecule has 0 radical (unpaired) electrons. The number of nitrogens with one attached hydrogen (secondary N) is 3. The topological polar surface area (TPSA) is 87.3 Å². The fourth-order valence-corrected chi connectivity index (χ4v) is 7.18. The zero-order chi connectivity index (χ0) is 26.4. The molecule has 3 saturated carbocycles. The molecule has 0 heterocycles. The number of hydrogen-bond donors (Lipinski definition) is 3. The van der Waals surface area contributed by atoms with E-state index in [4.69, 9.17) is 0 Å². The fourth-order valence-electron chi connectivity index (χ4n) is 7.18. The van der Waals surface area contributed by atoms with Gasteiger partial charge in [0.1, 0.15) is 0 Å². The van der Waals surface area contributed by atoms with Crippen LogP contribution >= 0.6 is 0 Å². The standard InChI is InChI=1S/C30H53N3O3/c1-18-7-10-25(21(4)13-18)31-28(34)16-24(30(36)33-27-12-9-20(3)15-23(27)6)17-29(35)32-26-11-8-19(2)14-22(26)5/h18-27H,7-17H2,1-6H3,(H,31,34)(H,32,35)(H,33,36). The first kappa shape index (κ1) is 29.0. The van der Waals surface area contributed by atoms with Crippen molar-refractivity contribution in [2.24, 2.45) is 41.4 Å². The minimum Gasteiger partial charge on any atom is -0.353 e. The Morgan fingerprint density at radius 1 is 0.556 bits per heavy atom. The second kappa shape index (κ2) is 13.3. The highest BCUT2D eigenvalue weighted by molar-refractivity contribution is 5.90. The number of amides is 3. The monoisotopic (exact) mass is 503 g/mol. The molecule has 3 aliphatic rings. The van der Waals surface area contributed by atoms with Gasteiger partial charge in [0, 0.05) is 31.0 Å². The lowest BCUT2D eigenvalue weighted by Gasteiger charge is -2.35. The molecule has 0 aromatic rings. The largest absolute Gasteiger partial charge is 0.353 e. The molecule has 206 valence electrons. The first-order chi connectivity index (χ1) is 17.0. The Morgan fingerprint density at radius 3 is 1.22 bits per heavy atom. The Morgan fingerprint density at radius 2 is 0.889 bits per heavy atom. The summed E-state index contributed by atoms with van der Waals surface area (Å²) in [6, 6.07) is 0.453. The number of hydrogen-bond acceptors (Lipinski definition) is 3. The van der Waals surface area contributed by atoms with Gasteiger partial charge < -0.3 is 16.0 Å². The van der Waals surface area contributed by atoms with E-state index in [2.05, 4.69) is 57.5 Å². The Balaban J connectivity index is 1.61. The number of carbonyl (C=O) groups is 3. The predicted octanol–water partition coefficient (Wildman–Crippen LogP) is 5.21. The van der Waals surface area contributed by atoms with Gasteiger partial charge in [-0.1, -0.05) is 41.5 Å². The zero-order valence-corrected chi connectivity index (χ0v) is 23.8. The van der Waals surface area contributed by atoms with Crippen LogP contribution in [0.1, 0.15) is 112 Å². The summed E-state index contributed by atoms with van der Waals surface area (Å²) in [5, 5.41) is 9.65. The van der Waals surface area contributed by atoms with Crippen molar-refractivity contribution in [1.29, 1.82) is 0 Å². The van der Waals surface area contributed by atoms with Crippen LogP contribution in [0.3, 0.4) is 0 Å². The molecule has 6 nitrogen and oxygen atoms in total. The van der Waals surface area contributed by atoms with Gasteiger partial charge in [0.25, 0.3) is 0 Å². The van der Waals surface area contributed by atoms with E-state index in [1.165, 1.54) is 0 Å². The van der Waals surface area contributed by atoms with Gasteiger partial charge in [-0.25, -0.2) is 0 Å². The van der Waals surface area contributed by atoms with Gasteiger partial charge in [-0.2, -0.15) is 0 Å². The van der Waals surface area contributed by atoms with E-state index in [0.29, 0.717) is 35.5 Å². The molecule has 3 aliphatic carbocycles. The van der Waals surface area contributed by atoms with Crippen molar-refractivity contribution in [3.05, 3.63) is 0 Å². The quantitative estimate of drug-likeness (QED) is 0.425. The molecule has 3 fully saturated rings. The minimum atomic E-state index is -0.632. The number of rotatable bonds is 8. The van der Waals surface area contributed by atoms with Crippen LogP contribution in [0, 0.1) is 41.4 Å². The Labute approximate surface area is 219 Å². The lowest BCUT2D eigenvalue weighted by Crippen LogP contribution is -2.49. The molecular formula is C30H53N3O3. The maximum Gasteiger partial charge on any atom is 0.224 e. The zero-order valence-electron chi connectivity index (χ0n) is 23.8. The molecule has 9 atom stereocenters. The third-order valence-electron chi connectivity index (χ3n) is 9.55. The van der Waals surface area contributed by atoms with Crippen LogP contribution < -0.4 is 16.0 Å². The maximum absolute atomic E-state index is 13.4. The molecule has 0 bridgehead atoms. The fraction of sp³-hybridized carbons (Fsp3) is 0.900. The molecule has 0 aromatic carbocycles. The SMILES string of the molecule is CC1CCC(NC(=O)CC(CC(=O)NC2CCC(C)CC2C)C(=O)NC2CCC(C)CC2C)C(C)C1. The van der Waals surface area contributed by atoms with Crippen LogP contribution in [-0.4, -0.2) is 35.8 Å². The summed E-state index contributed by atoms with van der Waals surface area (Å²) >= 11 is 0. The third-order valence-corrected chi connectivity index (χ3v) is 9.55. The Kier molecular flexibility index (Phi) is 10.7. The smallest absolute Gasteiger partial charge is 0.224 e. The van der Waals surface area contributed by atoms with E-state index in [0.717, 1.165) is 57.8 Å². The van der Waals surface area contributed by atoms with Crippen LogP contribution in [0.25, 0.3) is 0 Å². The molecule has 6 heteroatoms. The highest BCUT2D eigenvalue weighted by Gasteiger charge is 2.34. The Hall–Kier alpha value is -1.59. The van der Waals surface area contributed by atoms with E-state index >= 15 is 0 Å². The molecule has 0 saturated heterocycles. The number of carbonyl (C=O) groups excluding carboxylic acids is 3. The average Bonchev–Trinajstić information content (AvgIpc) is 2.79. The van der Waals surface area contributed by atoms with E-state index in [1.54, 1.807) is 0 Å². The summed E-state index contributed by atoms with van der Waals surface area (Å²) in [4.78, 5) is 39.6. The molecule has 3 rings (SSSR count). The van der Waals surface area contributed by atoms with Crippen molar-refractivity contribution in [3.63, 3.8) is 0 Å². The van der Waals surface area contributed by atoms with Gasteiger partial charge in [0.15, 0.2) is 0 Å². The highest BCUT2D eigenvalue weighted by atomic mass is 16.2. The van der Waals surface area contributed by atoms with Gasteiger partial charge >= 0.3 is 0 Å². The van der Waals surface area contributed by atoms with Crippen molar-refractivity contribution >= 4 is 17.7 Å². The summed E-state index contributed by atoms with van der Waals surface area (Å²) < 4.78 is 0. The first-order valence-electron chi connectivity index (χ1n) is 14.9. The van der Waals surface area contributed by atoms with E-state index in [9.17, 15) is 14.4 Å². The molecule has 0 aliphatic heterocycles. The van der Waals surface area contributed by atoms with Gasteiger partial charge in [-0.15, -0.1) is 0 Å². The molecular weight excluding hydrogens is 450 g/mol. The molecule has 3 amide bonds. The average molecular weight is 504 g/mol. The molecule has 9 unspecified atom stereocenters. The van der Waals surface area contributed by atoms with Gasteiger partial charge in [0.2, 0.25) is 17.7 Å². The molecule has 36 heavy (non-hydrogen) atoms. The van der Waals surface area contributed by atoms with E-state index in [-0.39, 0.29) is 48.7 Å². The summed E-state index contributed by atoms with van der Waals surface area (Å²) in [5.41, 5.74) is 0. The lowest BCUT2D eigenvalue weighted by atomic mass is 9.79. The van der Waals surface area contributed by atoms with E-state index < -0.39 is 5.92 Å². The van der Waals surface area contributed by atoms with Crippen molar-refractivity contribution in [2.75, 3.05) is 0 Å². The van der Waals surface area contributed by atoms with Crippen LogP contribution in [-0.2, 0) is 14.4 Å². The predicted molar refractivity (Wildman–Crippen MR) is 145 cm³/mol. The van der Waals surface area contributed by atoms with Gasteiger partial charge in [-0.05, 0) is 93.3 Å². The maximum atomic E-state index is 13.4. The van der Waals surface area contributed by atoms with Crippen molar-refractivity contribution in [3.8, 4) is 0 Å². The summed E-state index contributed by atoms with van der Waals surface area (Å²) in [7, 11) is 0. The third kappa shape index (κ3) is 8.48. The van der Waals surface area contributed by atoms with Crippen molar-refractivity contribution in [1.82, 2.24) is 16.0 Å². The summed E-state index contributed by atoms with van der Waals surface area (Å²) in [6.45, 7) is 13.4. The summed E-state index contributed by atoms with van der Waals surface area (Å²) in [6.07, 6.45) is 9.79. The second-order valence-electron chi connectivity index (χ2n) is 13.3. The Bertz CT molecular complexity index is 714. The second-order valence-corrected chi connectivity index (χ2v) is 13.3.